The van der Waals surface area contributed by atoms with Gasteiger partial charge in [-0.1, -0.05) is 130 Å². The minimum atomic E-state index is -1.07. The molecule has 0 bridgehead atoms. The first-order valence-electron chi connectivity index (χ1n) is 14.7. The molecular weight excluding hydrogens is 528 g/mol. The summed E-state index contributed by atoms with van der Waals surface area (Å²) < 4.78 is 0. The topological polar surface area (TPSA) is 71.1 Å². The molecule has 0 N–H and O–H groups in total. The van der Waals surface area contributed by atoms with E-state index < -0.39 is 18.2 Å². The normalized spacial score (nSPS) is 10.9. The van der Waals surface area contributed by atoms with Crippen LogP contribution in [0.15, 0.2) is 109 Å². The van der Waals surface area contributed by atoms with Crippen LogP contribution in [0.1, 0.15) is 79.0 Å². The molecule has 0 aliphatic rings. The second-order valence-corrected chi connectivity index (χ2v) is 10.2. The molecule has 4 rings (SSSR count). The summed E-state index contributed by atoms with van der Waals surface area (Å²) in [4.78, 5) is 46.7. The van der Waals surface area contributed by atoms with Crippen molar-refractivity contribution in [1.82, 2.24) is 0 Å². The summed E-state index contributed by atoms with van der Waals surface area (Å²) in [6, 6.07) is 33.7. The first-order valence-corrected chi connectivity index (χ1v) is 14.7. The van der Waals surface area contributed by atoms with Crippen LogP contribution in [-0.2, 0) is 19.6 Å². The second-order valence-electron chi connectivity index (χ2n) is 10.2. The highest BCUT2D eigenvalue weighted by molar-refractivity contribution is 5.91. The van der Waals surface area contributed by atoms with Gasteiger partial charge in [0.25, 0.3) is 0 Å². The molecule has 0 aliphatic heterocycles. The molecule has 0 saturated heterocycles. The molecule has 4 aromatic rings. The molecule has 0 spiro atoms. The van der Waals surface area contributed by atoms with Gasteiger partial charge >= 0.3 is 11.9 Å². The SMILES string of the molecule is CCCCCCCCCC(OOC(=O)c1cccc(-c2ccccc2)c1)OOC(=O)c1cccc(-c2ccccc2)c1. The summed E-state index contributed by atoms with van der Waals surface area (Å²) in [6.07, 6.45) is 6.95. The summed E-state index contributed by atoms with van der Waals surface area (Å²) in [5.41, 5.74) is 4.40. The monoisotopic (exact) mass is 566 g/mol. The fourth-order valence-electron chi connectivity index (χ4n) is 4.58. The Hall–Kier alpha value is -4.26. The van der Waals surface area contributed by atoms with Gasteiger partial charge in [-0.3, -0.25) is 9.78 Å². The predicted octanol–water partition coefficient (Wildman–Crippen LogP) is 9.36. The van der Waals surface area contributed by atoms with Crippen molar-refractivity contribution in [3.8, 4) is 22.3 Å². The van der Waals surface area contributed by atoms with Crippen molar-refractivity contribution in [2.24, 2.45) is 0 Å². The minimum Gasteiger partial charge on any atom is -0.290 e. The summed E-state index contributed by atoms with van der Waals surface area (Å²) in [6.45, 7) is 2.19. The molecule has 0 radical (unpaired) electrons. The molecule has 0 amide bonds. The van der Waals surface area contributed by atoms with Crippen LogP contribution < -0.4 is 0 Å². The highest BCUT2D eigenvalue weighted by Crippen LogP contribution is 2.22. The number of carbonyl (C=O) groups excluding carboxylic acids is 2. The van der Waals surface area contributed by atoms with Crippen LogP contribution in [0.5, 0.6) is 0 Å². The maximum Gasteiger partial charge on any atom is 0.373 e. The molecule has 218 valence electrons. The third kappa shape index (κ3) is 9.68. The van der Waals surface area contributed by atoms with Crippen LogP contribution in [0.3, 0.4) is 0 Å². The lowest BCUT2D eigenvalue weighted by Gasteiger charge is -2.15. The van der Waals surface area contributed by atoms with Crippen molar-refractivity contribution in [3.05, 3.63) is 120 Å². The maximum atomic E-state index is 12.8. The van der Waals surface area contributed by atoms with Gasteiger partial charge in [0.05, 0.1) is 11.1 Å². The molecule has 42 heavy (non-hydrogen) atoms. The highest BCUT2D eigenvalue weighted by atomic mass is 17.3. The molecule has 0 heterocycles. The van der Waals surface area contributed by atoms with Gasteiger partial charge in [-0.25, -0.2) is 9.59 Å². The van der Waals surface area contributed by atoms with Crippen molar-refractivity contribution in [2.45, 2.75) is 64.6 Å². The average Bonchev–Trinajstić information content (AvgIpc) is 3.05. The molecule has 0 saturated carbocycles. The molecule has 0 aromatic heterocycles. The Morgan fingerprint density at radius 2 is 0.952 bits per heavy atom. The van der Waals surface area contributed by atoms with Crippen molar-refractivity contribution < 1.29 is 29.1 Å². The Balaban J connectivity index is 1.35. The van der Waals surface area contributed by atoms with E-state index in [2.05, 4.69) is 6.92 Å². The molecular formula is C36H38O6. The lowest BCUT2D eigenvalue weighted by atomic mass is 10.0. The van der Waals surface area contributed by atoms with Gasteiger partial charge < -0.3 is 0 Å². The zero-order valence-electron chi connectivity index (χ0n) is 24.1. The zero-order valence-corrected chi connectivity index (χ0v) is 24.1. The molecule has 0 unspecified atom stereocenters. The average molecular weight is 567 g/mol. The molecule has 6 nitrogen and oxygen atoms in total. The zero-order chi connectivity index (χ0) is 29.4. The molecule has 0 aliphatic carbocycles. The van der Waals surface area contributed by atoms with Gasteiger partial charge in [0, 0.05) is 6.42 Å². The van der Waals surface area contributed by atoms with Gasteiger partial charge in [0.15, 0.2) is 0 Å². The van der Waals surface area contributed by atoms with Crippen LogP contribution in [0.2, 0.25) is 0 Å². The van der Waals surface area contributed by atoms with Gasteiger partial charge in [-0.05, 0) is 52.9 Å². The standard InChI is InChI=1S/C36H38O6/c1-2-3-4-5-6-7-14-25-34(39-41-35(37)32-23-15-21-30(26-32)28-17-10-8-11-18-28)40-42-36(38)33-24-16-22-31(27-33)29-19-12-9-13-20-29/h8-13,15-24,26-27,34H,2-7,14,25H2,1H3. The maximum absolute atomic E-state index is 12.8. The van der Waals surface area contributed by atoms with E-state index in [1.165, 1.54) is 25.7 Å². The van der Waals surface area contributed by atoms with Gasteiger partial charge in [0.2, 0.25) is 6.29 Å². The van der Waals surface area contributed by atoms with Gasteiger partial charge in [0.1, 0.15) is 0 Å². The van der Waals surface area contributed by atoms with Crippen LogP contribution >= 0.6 is 0 Å². The van der Waals surface area contributed by atoms with Gasteiger partial charge in [-0.2, -0.15) is 0 Å². The number of hydrogen-bond donors (Lipinski definition) is 0. The summed E-state index contributed by atoms with van der Waals surface area (Å²) >= 11 is 0. The molecule has 0 atom stereocenters. The molecule has 4 aromatic carbocycles. The summed E-state index contributed by atoms with van der Waals surface area (Å²) in [7, 11) is 0. The minimum absolute atomic E-state index is 0.334. The van der Waals surface area contributed by atoms with Crippen LogP contribution in [0.25, 0.3) is 22.3 Å². The number of benzene rings is 4. The lowest BCUT2D eigenvalue weighted by Crippen LogP contribution is -2.22. The van der Waals surface area contributed by atoms with E-state index in [1.807, 2.05) is 72.8 Å². The number of hydrogen-bond acceptors (Lipinski definition) is 6. The fourth-order valence-corrected chi connectivity index (χ4v) is 4.58. The molecule has 6 heteroatoms. The van der Waals surface area contributed by atoms with Crippen LogP contribution in [0, 0.1) is 0 Å². The Morgan fingerprint density at radius 3 is 1.43 bits per heavy atom. The number of carbonyl (C=O) groups is 2. The predicted molar refractivity (Wildman–Crippen MR) is 163 cm³/mol. The number of rotatable bonds is 16. The third-order valence-electron chi connectivity index (χ3n) is 6.92. The first kappa shape index (κ1) is 30.7. The van der Waals surface area contributed by atoms with E-state index in [0.717, 1.165) is 41.5 Å². The Kier molecular flexibility index (Phi) is 12.3. The van der Waals surface area contributed by atoms with Gasteiger partial charge in [-0.15, -0.1) is 9.78 Å². The summed E-state index contributed by atoms with van der Waals surface area (Å²) in [5, 5.41) is 0. The third-order valence-corrected chi connectivity index (χ3v) is 6.92. The summed E-state index contributed by atoms with van der Waals surface area (Å²) in [5.74, 6) is -1.33. The van der Waals surface area contributed by atoms with E-state index in [0.29, 0.717) is 17.5 Å². The lowest BCUT2D eigenvalue weighted by molar-refractivity contribution is -0.421. The molecule has 0 fully saturated rings. The highest BCUT2D eigenvalue weighted by Gasteiger charge is 2.20. The Labute approximate surface area is 248 Å². The largest absolute Gasteiger partial charge is 0.373 e. The van der Waals surface area contributed by atoms with E-state index in [9.17, 15) is 9.59 Å². The van der Waals surface area contributed by atoms with E-state index in [1.54, 1.807) is 36.4 Å². The quantitative estimate of drug-likeness (QED) is 0.0582. The van der Waals surface area contributed by atoms with Crippen molar-refractivity contribution >= 4 is 11.9 Å². The van der Waals surface area contributed by atoms with Crippen LogP contribution in [-0.4, -0.2) is 18.2 Å². The smallest absolute Gasteiger partial charge is 0.290 e. The Morgan fingerprint density at radius 1 is 0.524 bits per heavy atom. The van der Waals surface area contributed by atoms with Crippen molar-refractivity contribution in [1.29, 1.82) is 0 Å². The van der Waals surface area contributed by atoms with E-state index in [4.69, 9.17) is 19.6 Å². The second kappa shape index (κ2) is 16.9. The first-order chi connectivity index (χ1) is 20.6. The Bertz CT molecular complexity index is 1290. The van der Waals surface area contributed by atoms with Crippen molar-refractivity contribution in [3.63, 3.8) is 0 Å². The van der Waals surface area contributed by atoms with E-state index in [-0.39, 0.29) is 0 Å². The fraction of sp³-hybridized carbons (Fsp3) is 0.278. The van der Waals surface area contributed by atoms with Crippen LogP contribution in [0.4, 0.5) is 0 Å². The van der Waals surface area contributed by atoms with Crippen molar-refractivity contribution in [2.75, 3.05) is 0 Å². The van der Waals surface area contributed by atoms with E-state index >= 15 is 0 Å². The number of unbranched alkanes of at least 4 members (excludes halogenated alkanes) is 6.